The molecule has 0 rings (SSSR count). The number of carbonyl (C=O) groups excluding carboxylic acids is 2. The molecule has 0 spiro atoms. The number of carbonyl (C=O) groups is 2. The Hall–Kier alpha value is -1.97. The molecule has 0 aromatic carbocycles. The molecule has 16 heteroatoms. The zero-order chi connectivity index (χ0) is 23.3. The number of esters is 1. The SMILES string of the molecule is C=C(C)C(=O)OCCNC(=O)OCC(F)(F)CC(S(C)(=O)=O)S(=O)(=O)C(F)(F)F. The molecule has 0 radical (unpaired) electrons. The maximum atomic E-state index is 13.8. The number of hydrogen-bond acceptors (Lipinski definition) is 8. The first-order chi connectivity index (χ1) is 12.8. The van der Waals surface area contributed by atoms with Gasteiger partial charge in [0.25, 0.3) is 15.8 Å². The highest BCUT2D eigenvalue weighted by atomic mass is 32.3. The van der Waals surface area contributed by atoms with Crippen LogP contribution < -0.4 is 5.32 Å². The molecule has 1 unspecified atom stereocenters. The second-order valence-corrected chi connectivity index (χ2v) is 10.4. The first kappa shape index (κ1) is 27.0. The zero-order valence-electron chi connectivity index (χ0n) is 15.1. The summed E-state index contributed by atoms with van der Waals surface area (Å²) < 4.78 is 116. The standard InChI is InChI=1S/C13H18F5NO8S2/c1-8(2)10(20)26-5-4-19-11(21)27-7-12(14,15)6-9(28(3,22)23)29(24,25)13(16,17)18/h9H,1,4-7H2,2-3H3,(H,19,21). The Labute approximate surface area is 163 Å². The van der Waals surface area contributed by atoms with E-state index < -0.39 is 60.8 Å². The molecule has 0 saturated carbocycles. The normalized spacial score (nSPS) is 14.0. The first-order valence-electron chi connectivity index (χ1n) is 7.41. The van der Waals surface area contributed by atoms with Gasteiger partial charge in [-0.1, -0.05) is 6.58 Å². The van der Waals surface area contributed by atoms with E-state index in [0.717, 1.165) is 0 Å². The Balaban J connectivity index is 4.90. The summed E-state index contributed by atoms with van der Waals surface area (Å²) in [6, 6.07) is 0. The van der Waals surface area contributed by atoms with Gasteiger partial charge in [0, 0.05) is 18.2 Å². The van der Waals surface area contributed by atoms with E-state index in [1.807, 2.05) is 5.32 Å². The largest absolute Gasteiger partial charge is 0.498 e. The molecule has 1 N–H and O–H groups in total. The maximum Gasteiger partial charge on any atom is 0.498 e. The molecule has 9 nitrogen and oxygen atoms in total. The molecule has 0 aliphatic carbocycles. The van der Waals surface area contributed by atoms with Gasteiger partial charge in [-0.25, -0.2) is 35.2 Å². The van der Waals surface area contributed by atoms with Crippen molar-refractivity contribution in [3.05, 3.63) is 12.2 Å². The highest BCUT2D eigenvalue weighted by Crippen LogP contribution is 2.35. The van der Waals surface area contributed by atoms with Crippen LogP contribution in [0.2, 0.25) is 0 Å². The molecule has 0 aliphatic rings. The minimum Gasteiger partial charge on any atom is -0.460 e. The summed E-state index contributed by atoms with van der Waals surface area (Å²) in [4.78, 5) is 22.3. The number of rotatable bonds is 10. The predicted molar refractivity (Wildman–Crippen MR) is 88.3 cm³/mol. The predicted octanol–water partition coefficient (Wildman–Crippen LogP) is 1.16. The quantitative estimate of drug-likeness (QED) is 0.215. The van der Waals surface area contributed by atoms with Gasteiger partial charge in [-0.05, 0) is 6.92 Å². The second-order valence-electron chi connectivity index (χ2n) is 5.73. The van der Waals surface area contributed by atoms with Crippen LogP contribution in [0.4, 0.5) is 26.7 Å². The third-order valence-electron chi connectivity index (χ3n) is 2.98. The molecule has 0 aromatic heterocycles. The molecule has 0 aromatic rings. The topological polar surface area (TPSA) is 133 Å². The third kappa shape index (κ3) is 8.93. The van der Waals surface area contributed by atoms with E-state index in [-0.39, 0.29) is 25.0 Å². The fourth-order valence-electron chi connectivity index (χ4n) is 1.59. The molecule has 0 fully saturated rings. The van der Waals surface area contributed by atoms with Gasteiger partial charge in [0.1, 0.15) is 6.61 Å². The third-order valence-corrected chi connectivity index (χ3v) is 7.41. The van der Waals surface area contributed by atoms with Crippen molar-refractivity contribution in [2.45, 2.75) is 29.4 Å². The van der Waals surface area contributed by atoms with Gasteiger partial charge in [-0.2, -0.15) is 13.2 Å². The summed E-state index contributed by atoms with van der Waals surface area (Å²) in [5.74, 6) is -5.21. The average Bonchev–Trinajstić information content (AvgIpc) is 2.52. The van der Waals surface area contributed by atoms with E-state index in [2.05, 4.69) is 16.1 Å². The molecule has 0 aliphatic heterocycles. The minimum absolute atomic E-state index is 0.0524. The van der Waals surface area contributed by atoms with E-state index in [1.165, 1.54) is 6.92 Å². The number of sulfone groups is 2. The van der Waals surface area contributed by atoms with Crippen LogP contribution in [0.5, 0.6) is 0 Å². The molecule has 1 amide bonds. The lowest BCUT2D eigenvalue weighted by Gasteiger charge is -2.23. The van der Waals surface area contributed by atoms with E-state index in [0.29, 0.717) is 0 Å². The van der Waals surface area contributed by atoms with Gasteiger partial charge in [0.15, 0.2) is 21.0 Å². The van der Waals surface area contributed by atoms with Crippen molar-refractivity contribution in [3.8, 4) is 0 Å². The Kier molecular flexibility index (Phi) is 9.03. The summed E-state index contributed by atoms with van der Waals surface area (Å²) in [5.41, 5.74) is -6.03. The van der Waals surface area contributed by atoms with Gasteiger partial charge < -0.3 is 14.8 Å². The van der Waals surface area contributed by atoms with Crippen LogP contribution in [0.3, 0.4) is 0 Å². The van der Waals surface area contributed by atoms with Gasteiger partial charge in [-0.15, -0.1) is 0 Å². The van der Waals surface area contributed by atoms with Crippen LogP contribution in [-0.2, 0) is 33.9 Å². The van der Waals surface area contributed by atoms with Crippen molar-refractivity contribution >= 4 is 31.7 Å². The van der Waals surface area contributed by atoms with Crippen LogP contribution in [-0.4, -0.2) is 70.9 Å². The molecular weight excluding hydrogens is 457 g/mol. The molecule has 1 atom stereocenters. The van der Waals surface area contributed by atoms with Crippen molar-refractivity contribution in [1.29, 1.82) is 0 Å². The number of hydrogen-bond donors (Lipinski definition) is 1. The van der Waals surface area contributed by atoms with E-state index in [9.17, 15) is 48.4 Å². The number of ether oxygens (including phenoxy) is 2. The number of nitrogens with one attached hydrogen (secondary N) is 1. The van der Waals surface area contributed by atoms with Gasteiger partial charge in [-0.3, -0.25) is 0 Å². The van der Waals surface area contributed by atoms with E-state index >= 15 is 0 Å². The lowest BCUT2D eigenvalue weighted by molar-refractivity contribution is -0.138. The monoisotopic (exact) mass is 475 g/mol. The number of alkyl carbamates (subject to hydrolysis) is 1. The highest BCUT2D eigenvalue weighted by molar-refractivity contribution is 8.09. The summed E-state index contributed by atoms with van der Waals surface area (Å²) in [7, 11) is -11.6. The summed E-state index contributed by atoms with van der Waals surface area (Å²) in [5, 5.41) is 1.87. The highest BCUT2D eigenvalue weighted by Gasteiger charge is 2.57. The van der Waals surface area contributed by atoms with E-state index in [4.69, 9.17) is 0 Å². The molecule has 170 valence electrons. The van der Waals surface area contributed by atoms with Crippen LogP contribution in [0.25, 0.3) is 0 Å². The number of halogens is 5. The van der Waals surface area contributed by atoms with Crippen LogP contribution >= 0.6 is 0 Å². The van der Waals surface area contributed by atoms with Gasteiger partial charge in [0.05, 0.1) is 6.54 Å². The number of alkyl halides is 5. The van der Waals surface area contributed by atoms with Crippen molar-refractivity contribution in [2.75, 3.05) is 26.0 Å². The molecule has 0 saturated heterocycles. The van der Waals surface area contributed by atoms with Crippen molar-refractivity contribution in [2.24, 2.45) is 0 Å². The maximum absolute atomic E-state index is 13.8. The average molecular weight is 475 g/mol. The molecule has 0 bridgehead atoms. The van der Waals surface area contributed by atoms with Gasteiger partial charge >= 0.3 is 17.6 Å². The van der Waals surface area contributed by atoms with Crippen LogP contribution in [0.15, 0.2) is 12.2 Å². The molecular formula is C13H18F5NO8S2. The lowest BCUT2D eigenvalue weighted by Crippen LogP contribution is -2.44. The van der Waals surface area contributed by atoms with Crippen LogP contribution in [0.1, 0.15) is 13.3 Å². The lowest BCUT2D eigenvalue weighted by atomic mass is 10.3. The Bertz CT molecular complexity index is 836. The fraction of sp³-hybridized carbons (Fsp3) is 0.692. The van der Waals surface area contributed by atoms with E-state index in [1.54, 1.807) is 0 Å². The second kappa shape index (κ2) is 9.69. The Morgan fingerprint density at radius 3 is 2.00 bits per heavy atom. The Morgan fingerprint density at radius 1 is 1.07 bits per heavy atom. The summed E-state index contributed by atoms with van der Waals surface area (Å²) >= 11 is 0. The smallest absolute Gasteiger partial charge is 0.460 e. The summed E-state index contributed by atoms with van der Waals surface area (Å²) in [6.45, 7) is 1.96. The van der Waals surface area contributed by atoms with Crippen LogP contribution in [0, 0.1) is 0 Å². The first-order valence-corrected chi connectivity index (χ1v) is 10.9. The molecule has 29 heavy (non-hydrogen) atoms. The fourth-order valence-corrected chi connectivity index (χ4v) is 5.06. The summed E-state index contributed by atoms with van der Waals surface area (Å²) in [6.07, 6.45) is -3.72. The number of amides is 1. The molecule has 0 heterocycles. The van der Waals surface area contributed by atoms with Gasteiger partial charge in [0.2, 0.25) is 0 Å². The van der Waals surface area contributed by atoms with Crippen molar-refractivity contribution in [3.63, 3.8) is 0 Å². The van der Waals surface area contributed by atoms with Crippen molar-refractivity contribution < 1.29 is 57.9 Å². The minimum atomic E-state index is -6.48. The Morgan fingerprint density at radius 2 is 1.59 bits per heavy atom. The van der Waals surface area contributed by atoms with Crippen molar-refractivity contribution in [1.82, 2.24) is 5.32 Å². The zero-order valence-corrected chi connectivity index (χ0v) is 16.7.